The highest BCUT2D eigenvalue weighted by molar-refractivity contribution is 5.95. The van der Waals surface area contributed by atoms with Gasteiger partial charge in [0.2, 0.25) is 0 Å². The van der Waals surface area contributed by atoms with Crippen LogP contribution in [0.15, 0.2) is 42.7 Å². The highest BCUT2D eigenvalue weighted by Crippen LogP contribution is 2.21. The first-order chi connectivity index (χ1) is 10.8. The van der Waals surface area contributed by atoms with Crippen LogP contribution in [0.3, 0.4) is 0 Å². The molecule has 23 heavy (non-hydrogen) atoms. The highest BCUT2D eigenvalue weighted by atomic mass is 16.4. The van der Waals surface area contributed by atoms with Gasteiger partial charge in [-0.1, -0.05) is 13.8 Å². The first-order valence-corrected chi connectivity index (χ1v) is 7.46. The number of nitrogens with one attached hydrogen (secondary N) is 1. The third-order valence-electron chi connectivity index (χ3n) is 4.09. The van der Waals surface area contributed by atoms with Crippen LogP contribution in [0, 0.1) is 5.92 Å². The number of aromatic nitrogens is 2. The maximum absolute atomic E-state index is 12.4. The van der Waals surface area contributed by atoms with Crippen LogP contribution in [0.5, 0.6) is 0 Å². The van der Waals surface area contributed by atoms with Gasteiger partial charge in [0.25, 0.3) is 5.91 Å². The molecule has 6 heteroatoms. The van der Waals surface area contributed by atoms with E-state index in [1.54, 1.807) is 42.1 Å². The van der Waals surface area contributed by atoms with Gasteiger partial charge in [0.05, 0.1) is 17.6 Å². The SMILES string of the molecule is CC(C)C(C)(CC(=O)O)NC(=O)c1ccc(-n2cccn2)cc1. The van der Waals surface area contributed by atoms with E-state index < -0.39 is 11.5 Å². The summed E-state index contributed by atoms with van der Waals surface area (Å²) in [7, 11) is 0. The molecule has 0 fully saturated rings. The van der Waals surface area contributed by atoms with E-state index in [1.807, 2.05) is 26.1 Å². The quantitative estimate of drug-likeness (QED) is 0.858. The predicted molar refractivity (Wildman–Crippen MR) is 86.5 cm³/mol. The monoisotopic (exact) mass is 315 g/mol. The summed E-state index contributed by atoms with van der Waals surface area (Å²) in [5.74, 6) is -1.23. The van der Waals surface area contributed by atoms with Crippen molar-refractivity contribution < 1.29 is 14.7 Å². The Morgan fingerprint density at radius 1 is 1.30 bits per heavy atom. The number of rotatable bonds is 6. The number of carboxylic acid groups (broad SMARTS) is 1. The van der Waals surface area contributed by atoms with Crippen molar-refractivity contribution in [2.75, 3.05) is 0 Å². The van der Waals surface area contributed by atoms with Crippen LogP contribution in [0.4, 0.5) is 0 Å². The minimum absolute atomic E-state index is 0.00843. The summed E-state index contributed by atoms with van der Waals surface area (Å²) < 4.78 is 1.70. The Bertz CT molecular complexity index is 678. The molecule has 0 bridgehead atoms. The Hall–Kier alpha value is -2.63. The van der Waals surface area contributed by atoms with Crippen LogP contribution in [0.1, 0.15) is 37.6 Å². The fraction of sp³-hybridized carbons (Fsp3) is 0.353. The molecule has 1 atom stereocenters. The summed E-state index contributed by atoms with van der Waals surface area (Å²) >= 11 is 0. The summed E-state index contributed by atoms with van der Waals surface area (Å²) in [6.45, 7) is 5.54. The van der Waals surface area contributed by atoms with E-state index in [4.69, 9.17) is 5.11 Å². The molecule has 0 aliphatic heterocycles. The fourth-order valence-electron chi connectivity index (χ4n) is 2.23. The van der Waals surface area contributed by atoms with Gasteiger partial charge >= 0.3 is 5.97 Å². The molecule has 0 aliphatic rings. The van der Waals surface area contributed by atoms with E-state index in [-0.39, 0.29) is 18.2 Å². The maximum atomic E-state index is 12.4. The average Bonchev–Trinajstić information content (AvgIpc) is 3.00. The van der Waals surface area contributed by atoms with Gasteiger partial charge in [0.15, 0.2) is 0 Å². The van der Waals surface area contributed by atoms with Crippen LogP contribution in [0.25, 0.3) is 5.69 Å². The number of carboxylic acids is 1. The van der Waals surface area contributed by atoms with Crippen molar-refractivity contribution >= 4 is 11.9 Å². The maximum Gasteiger partial charge on any atom is 0.305 e. The van der Waals surface area contributed by atoms with Crippen molar-refractivity contribution in [1.29, 1.82) is 0 Å². The van der Waals surface area contributed by atoms with Crippen LogP contribution in [-0.4, -0.2) is 32.3 Å². The Balaban J connectivity index is 2.15. The minimum atomic E-state index is -0.935. The van der Waals surface area contributed by atoms with Crippen LogP contribution >= 0.6 is 0 Å². The standard InChI is InChI=1S/C17H21N3O3/c1-12(2)17(3,11-15(21)22)19-16(23)13-5-7-14(8-6-13)20-10-4-9-18-20/h4-10,12H,11H2,1-3H3,(H,19,23)(H,21,22). The summed E-state index contributed by atoms with van der Waals surface area (Å²) in [6, 6.07) is 8.82. The van der Waals surface area contributed by atoms with Gasteiger partial charge in [-0.2, -0.15) is 5.10 Å². The second kappa shape index (κ2) is 6.64. The largest absolute Gasteiger partial charge is 0.481 e. The lowest BCUT2D eigenvalue weighted by molar-refractivity contribution is -0.138. The average molecular weight is 315 g/mol. The smallest absolute Gasteiger partial charge is 0.305 e. The zero-order valence-corrected chi connectivity index (χ0v) is 13.5. The van der Waals surface area contributed by atoms with Crippen molar-refractivity contribution in [3.8, 4) is 5.69 Å². The number of carbonyl (C=O) groups excluding carboxylic acids is 1. The van der Waals surface area contributed by atoms with Gasteiger partial charge in [-0.3, -0.25) is 9.59 Å². The molecule has 0 aliphatic carbocycles. The van der Waals surface area contributed by atoms with E-state index >= 15 is 0 Å². The summed E-state index contributed by atoms with van der Waals surface area (Å²) in [6.07, 6.45) is 3.38. The summed E-state index contributed by atoms with van der Waals surface area (Å²) in [4.78, 5) is 23.5. The lowest BCUT2D eigenvalue weighted by atomic mass is 9.85. The normalized spacial score (nSPS) is 13.6. The molecule has 0 spiro atoms. The Morgan fingerprint density at radius 2 is 1.96 bits per heavy atom. The molecule has 2 N–H and O–H groups in total. The molecule has 0 radical (unpaired) electrons. The molecule has 0 saturated heterocycles. The number of hydrogen-bond acceptors (Lipinski definition) is 3. The van der Waals surface area contributed by atoms with Gasteiger partial charge in [0.1, 0.15) is 0 Å². The zero-order chi connectivity index (χ0) is 17.0. The number of benzene rings is 1. The second-order valence-electron chi connectivity index (χ2n) is 6.09. The van der Waals surface area contributed by atoms with E-state index in [9.17, 15) is 9.59 Å². The predicted octanol–water partition coefficient (Wildman–Crippen LogP) is 2.49. The molecular weight excluding hydrogens is 294 g/mol. The number of hydrogen-bond donors (Lipinski definition) is 2. The van der Waals surface area contributed by atoms with Crippen LogP contribution in [0.2, 0.25) is 0 Å². The lowest BCUT2D eigenvalue weighted by Crippen LogP contribution is -2.51. The van der Waals surface area contributed by atoms with E-state index in [0.717, 1.165) is 5.69 Å². The number of aliphatic carboxylic acids is 1. The van der Waals surface area contributed by atoms with Gasteiger partial charge in [0, 0.05) is 18.0 Å². The molecule has 1 unspecified atom stereocenters. The van der Waals surface area contributed by atoms with Crippen molar-refractivity contribution in [3.63, 3.8) is 0 Å². The van der Waals surface area contributed by atoms with Crippen LogP contribution < -0.4 is 5.32 Å². The third kappa shape index (κ3) is 3.97. The molecule has 1 amide bonds. The van der Waals surface area contributed by atoms with E-state index in [0.29, 0.717) is 5.56 Å². The molecule has 122 valence electrons. The molecule has 1 aromatic heterocycles. The topological polar surface area (TPSA) is 84.2 Å². The Morgan fingerprint density at radius 3 is 2.43 bits per heavy atom. The molecule has 0 saturated carbocycles. The first-order valence-electron chi connectivity index (χ1n) is 7.46. The van der Waals surface area contributed by atoms with Gasteiger partial charge in [-0.25, -0.2) is 4.68 Å². The molecule has 1 aromatic carbocycles. The van der Waals surface area contributed by atoms with E-state index in [1.165, 1.54) is 0 Å². The van der Waals surface area contributed by atoms with Crippen LogP contribution in [-0.2, 0) is 4.79 Å². The van der Waals surface area contributed by atoms with Crippen molar-refractivity contribution in [1.82, 2.24) is 15.1 Å². The van der Waals surface area contributed by atoms with Crippen molar-refractivity contribution in [2.24, 2.45) is 5.92 Å². The summed E-state index contributed by atoms with van der Waals surface area (Å²) in [5, 5.41) is 16.0. The van der Waals surface area contributed by atoms with Crippen molar-refractivity contribution in [3.05, 3.63) is 48.3 Å². The highest BCUT2D eigenvalue weighted by Gasteiger charge is 2.33. The fourth-order valence-corrected chi connectivity index (χ4v) is 2.23. The molecule has 2 aromatic rings. The van der Waals surface area contributed by atoms with E-state index in [2.05, 4.69) is 10.4 Å². The minimum Gasteiger partial charge on any atom is -0.481 e. The number of carbonyl (C=O) groups is 2. The third-order valence-corrected chi connectivity index (χ3v) is 4.09. The zero-order valence-electron chi connectivity index (χ0n) is 13.5. The Kier molecular flexibility index (Phi) is 4.83. The number of nitrogens with zero attached hydrogens (tertiary/aromatic N) is 2. The summed E-state index contributed by atoms with van der Waals surface area (Å²) in [5.41, 5.74) is 0.533. The van der Waals surface area contributed by atoms with Crippen molar-refractivity contribution in [2.45, 2.75) is 32.7 Å². The lowest BCUT2D eigenvalue weighted by Gasteiger charge is -2.33. The first kappa shape index (κ1) is 16.7. The molecule has 2 rings (SSSR count). The van der Waals surface area contributed by atoms with Gasteiger partial charge in [-0.05, 0) is 43.2 Å². The molecule has 1 heterocycles. The second-order valence-corrected chi connectivity index (χ2v) is 6.09. The van der Waals surface area contributed by atoms with Gasteiger partial charge < -0.3 is 10.4 Å². The Labute approximate surface area is 135 Å². The number of amides is 1. The van der Waals surface area contributed by atoms with Gasteiger partial charge in [-0.15, -0.1) is 0 Å². The molecule has 6 nitrogen and oxygen atoms in total. The molecular formula is C17H21N3O3.